The Kier molecular flexibility index (Phi) is 2.45. The van der Waals surface area contributed by atoms with Gasteiger partial charge in [0.15, 0.2) is 17.4 Å². The highest BCUT2D eigenvalue weighted by Gasteiger charge is 2.26. The molecule has 0 aliphatic rings. The van der Waals surface area contributed by atoms with Gasteiger partial charge in [-0.3, -0.25) is 0 Å². The van der Waals surface area contributed by atoms with Crippen LogP contribution in [0.15, 0.2) is 18.2 Å². The van der Waals surface area contributed by atoms with E-state index >= 15 is 0 Å². The summed E-state index contributed by atoms with van der Waals surface area (Å²) in [6.45, 7) is 0.402. The lowest BCUT2D eigenvalue weighted by atomic mass is 10.3. The summed E-state index contributed by atoms with van der Waals surface area (Å²) in [5, 5.41) is 0. The predicted octanol–water partition coefficient (Wildman–Crippen LogP) is 2.96. The Bertz CT molecular complexity index is 285. The number of hydrogen-bond donors (Lipinski definition) is 0. The average molecular weight is 194 g/mol. The van der Waals surface area contributed by atoms with Gasteiger partial charge in [0.1, 0.15) is 0 Å². The molecule has 0 bridgehead atoms. The number of para-hydroxylation sites is 1. The third-order valence-corrected chi connectivity index (χ3v) is 1.20. The van der Waals surface area contributed by atoms with E-state index in [9.17, 15) is 17.6 Å². The van der Waals surface area contributed by atoms with Crippen molar-refractivity contribution in [2.24, 2.45) is 0 Å². The molecule has 0 aliphatic heterocycles. The molecule has 0 heterocycles. The van der Waals surface area contributed by atoms with Crippen molar-refractivity contribution in [3.8, 4) is 5.75 Å². The van der Waals surface area contributed by atoms with Crippen molar-refractivity contribution in [1.82, 2.24) is 0 Å². The van der Waals surface area contributed by atoms with Crippen LogP contribution < -0.4 is 4.74 Å². The summed E-state index contributed by atoms with van der Waals surface area (Å²) in [7, 11) is 0. The number of hydrogen-bond acceptors (Lipinski definition) is 1. The summed E-state index contributed by atoms with van der Waals surface area (Å²) in [6.07, 6.45) is -3.59. The largest absolute Gasteiger partial charge is 0.426 e. The Hall–Kier alpha value is -1.26. The Labute approximate surface area is 71.9 Å². The molecule has 0 radical (unpaired) electrons. The second-order valence-electron chi connectivity index (χ2n) is 2.46. The van der Waals surface area contributed by atoms with Crippen molar-refractivity contribution in [3.63, 3.8) is 0 Å². The molecule has 0 aromatic heterocycles. The van der Waals surface area contributed by atoms with Crippen LogP contribution in [0.25, 0.3) is 0 Å². The van der Waals surface area contributed by atoms with E-state index in [0.29, 0.717) is 6.92 Å². The molecule has 0 aliphatic carbocycles. The fourth-order valence-electron chi connectivity index (χ4n) is 0.759. The minimum Gasteiger partial charge on any atom is -0.426 e. The van der Waals surface area contributed by atoms with E-state index in [0.717, 1.165) is 18.2 Å². The lowest BCUT2D eigenvalue weighted by Crippen LogP contribution is -2.20. The van der Waals surface area contributed by atoms with Crippen molar-refractivity contribution in [2.75, 3.05) is 0 Å². The lowest BCUT2D eigenvalue weighted by molar-refractivity contribution is -0.162. The van der Waals surface area contributed by atoms with Gasteiger partial charge in [0, 0.05) is 6.92 Å². The molecule has 1 aromatic carbocycles. The fourth-order valence-corrected chi connectivity index (χ4v) is 0.759. The predicted molar refractivity (Wildman–Crippen MR) is 37.6 cm³/mol. The third-order valence-electron chi connectivity index (χ3n) is 1.20. The van der Waals surface area contributed by atoms with Gasteiger partial charge in [-0.1, -0.05) is 6.07 Å². The van der Waals surface area contributed by atoms with Gasteiger partial charge in [-0.15, -0.1) is 0 Å². The van der Waals surface area contributed by atoms with E-state index in [4.69, 9.17) is 0 Å². The van der Waals surface area contributed by atoms with E-state index in [2.05, 4.69) is 4.74 Å². The van der Waals surface area contributed by atoms with Crippen LogP contribution in [0.2, 0.25) is 0 Å². The number of halogens is 4. The van der Waals surface area contributed by atoms with Gasteiger partial charge in [-0.2, -0.15) is 8.78 Å². The summed E-state index contributed by atoms with van der Waals surface area (Å²) >= 11 is 0. The summed E-state index contributed by atoms with van der Waals surface area (Å²) in [5.74, 6) is -3.36. The van der Waals surface area contributed by atoms with Gasteiger partial charge in [0.25, 0.3) is 0 Å². The first kappa shape index (κ1) is 9.83. The minimum absolute atomic E-state index is 0.402. The van der Waals surface area contributed by atoms with Gasteiger partial charge in [-0.25, -0.2) is 8.78 Å². The fraction of sp³-hybridized carbons (Fsp3) is 0.250. The second-order valence-corrected chi connectivity index (χ2v) is 2.46. The van der Waals surface area contributed by atoms with E-state index in [-0.39, 0.29) is 0 Å². The minimum atomic E-state index is -3.59. The van der Waals surface area contributed by atoms with Gasteiger partial charge >= 0.3 is 6.11 Å². The number of benzene rings is 1. The number of ether oxygens (including phenoxy) is 1. The Balaban J connectivity index is 3.00. The standard InChI is InChI=1S/C8H6F4O/c1-8(11,12)13-7-5(9)3-2-4-6(7)10/h2-4H,1H3. The molecule has 13 heavy (non-hydrogen) atoms. The van der Waals surface area contributed by atoms with Crippen LogP contribution >= 0.6 is 0 Å². The molecule has 0 fully saturated rings. The molecular weight excluding hydrogens is 188 g/mol. The first-order valence-electron chi connectivity index (χ1n) is 3.41. The first-order valence-corrected chi connectivity index (χ1v) is 3.41. The van der Waals surface area contributed by atoms with Crippen molar-refractivity contribution in [3.05, 3.63) is 29.8 Å². The molecule has 0 saturated heterocycles. The number of alkyl halides is 2. The quantitative estimate of drug-likeness (QED) is 0.657. The van der Waals surface area contributed by atoms with E-state index < -0.39 is 23.5 Å². The van der Waals surface area contributed by atoms with Gasteiger partial charge < -0.3 is 4.74 Å². The number of rotatable bonds is 2. The molecule has 0 saturated carbocycles. The third kappa shape index (κ3) is 2.61. The van der Waals surface area contributed by atoms with Crippen molar-refractivity contribution in [1.29, 1.82) is 0 Å². The molecule has 1 rings (SSSR count). The summed E-state index contributed by atoms with van der Waals surface area (Å²) in [5.41, 5.74) is 0. The zero-order chi connectivity index (χ0) is 10.1. The molecule has 0 unspecified atom stereocenters. The van der Waals surface area contributed by atoms with Crippen LogP contribution in [-0.4, -0.2) is 6.11 Å². The van der Waals surface area contributed by atoms with Gasteiger partial charge in [0.05, 0.1) is 0 Å². The van der Waals surface area contributed by atoms with Crippen molar-refractivity contribution >= 4 is 0 Å². The maximum Gasteiger partial charge on any atom is 0.395 e. The maximum absolute atomic E-state index is 12.7. The second kappa shape index (κ2) is 3.24. The molecule has 0 N–H and O–H groups in total. The maximum atomic E-state index is 12.7. The molecule has 0 amide bonds. The summed E-state index contributed by atoms with van der Waals surface area (Å²) in [4.78, 5) is 0. The molecule has 0 spiro atoms. The average Bonchev–Trinajstić information content (AvgIpc) is 1.95. The van der Waals surface area contributed by atoms with Crippen LogP contribution in [0.3, 0.4) is 0 Å². The van der Waals surface area contributed by atoms with E-state index in [1.165, 1.54) is 0 Å². The van der Waals surface area contributed by atoms with Crippen LogP contribution in [-0.2, 0) is 0 Å². The molecule has 72 valence electrons. The van der Waals surface area contributed by atoms with Crippen LogP contribution in [0.5, 0.6) is 5.75 Å². The molecule has 5 heteroatoms. The lowest BCUT2D eigenvalue weighted by Gasteiger charge is -2.13. The zero-order valence-corrected chi connectivity index (χ0v) is 6.65. The SMILES string of the molecule is CC(F)(F)Oc1c(F)cccc1F. The summed E-state index contributed by atoms with van der Waals surface area (Å²) in [6, 6.07) is 2.74. The Morgan fingerprint density at radius 1 is 1.15 bits per heavy atom. The van der Waals surface area contributed by atoms with E-state index in [1.54, 1.807) is 0 Å². The Morgan fingerprint density at radius 3 is 2.00 bits per heavy atom. The van der Waals surface area contributed by atoms with Crippen molar-refractivity contribution in [2.45, 2.75) is 13.0 Å². The normalized spacial score (nSPS) is 11.5. The van der Waals surface area contributed by atoms with Gasteiger partial charge in [-0.05, 0) is 12.1 Å². The van der Waals surface area contributed by atoms with Crippen molar-refractivity contribution < 1.29 is 22.3 Å². The molecular formula is C8H6F4O. The molecule has 0 atom stereocenters. The highest BCUT2D eigenvalue weighted by molar-refractivity contribution is 5.26. The summed E-state index contributed by atoms with van der Waals surface area (Å²) < 4.78 is 53.6. The van der Waals surface area contributed by atoms with Crippen LogP contribution in [0.1, 0.15) is 6.92 Å². The van der Waals surface area contributed by atoms with Crippen LogP contribution in [0.4, 0.5) is 17.6 Å². The highest BCUT2D eigenvalue weighted by Crippen LogP contribution is 2.26. The zero-order valence-electron chi connectivity index (χ0n) is 6.65. The van der Waals surface area contributed by atoms with E-state index in [1.807, 2.05) is 0 Å². The first-order chi connectivity index (χ1) is 5.90. The Morgan fingerprint density at radius 2 is 1.62 bits per heavy atom. The highest BCUT2D eigenvalue weighted by atomic mass is 19.3. The monoisotopic (exact) mass is 194 g/mol. The topological polar surface area (TPSA) is 9.23 Å². The molecule has 1 aromatic rings. The smallest absolute Gasteiger partial charge is 0.395 e. The molecule has 1 nitrogen and oxygen atoms in total. The van der Waals surface area contributed by atoms with Gasteiger partial charge in [0.2, 0.25) is 0 Å². The van der Waals surface area contributed by atoms with Crippen LogP contribution in [0, 0.1) is 11.6 Å².